The van der Waals surface area contributed by atoms with Crippen LogP contribution in [0.1, 0.15) is 98.8 Å². The maximum atomic E-state index is 10.2. The fourth-order valence-electron chi connectivity index (χ4n) is 8.54. The zero-order valence-corrected chi connectivity index (χ0v) is 21.5. The Morgan fingerprint density at radius 1 is 1.07 bits per heavy atom. The summed E-state index contributed by atoms with van der Waals surface area (Å²) in [6.45, 7) is 12.6. The van der Waals surface area contributed by atoms with Gasteiger partial charge in [-0.15, -0.1) is 0 Å². The zero-order valence-electron chi connectivity index (χ0n) is 19.8. The number of fused-ring (bicyclic) bond motifs is 5. The second-order valence-corrected chi connectivity index (χ2v) is 15.5. The molecule has 1 N–H and O–H groups in total. The van der Waals surface area contributed by atoms with E-state index in [1.165, 1.54) is 56.7 Å². The Bertz CT molecular complexity index is 612. The average Bonchev–Trinajstić information content (AvgIpc) is 3.03. The summed E-state index contributed by atoms with van der Waals surface area (Å²) in [6, 6.07) is 0. The van der Waals surface area contributed by atoms with Crippen molar-refractivity contribution in [2.75, 3.05) is 0 Å². The third kappa shape index (κ3) is 4.05. The number of hydrogen-bond donors (Lipinski definition) is 1. The molecule has 166 valence electrons. The van der Waals surface area contributed by atoms with Crippen molar-refractivity contribution in [1.29, 1.82) is 0 Å². The zero-order chi connectivity index (χ0) is 20.8. The molecular weight excluding hydrogens is 419 g/mol. The predicted molar refractivity (Wildman–Crippen MR) is 125 cm³/mol. The molecule has 0 heterocycles. The first-order valence-electron chi connectivity index (χ1n) is 12.7. The molecule has 0 aromatic rings. The van der Waals surface area contributed by atoms with Gasteiger partial charge in [0.15, 0.2) is 0 Å². The van der Waals surface area contributed by atoms with Crippen LogP contribution in [0.15, 0.2) is 11.6 Å². The van der Waals surface area contributed by atoms with Gasteiger partial charge in [0.2, 0.25) is 0 Å². The van der Waals surface area contributed by atoms with Crippen LogP contribution in [-0.4, -0.2) is 26.2 Å². The van der Waals surface area contributed by atoms with Crippen LogP contribution >= 0.6 is 0 Å². The third-order valence-electron chi connectivity index (χ3n) is 10.1. The normalized spacial score (nSPS) is 45.3. The van der Waals surface area contributed by atoms with Crippen LogP contribution in [0.25, 0.3) is 0 Å². The van der Waals surface area contributed by atoms with Crippen LogP contribution in [-0.2, 0) is 0 Å². The molecule has 0 radical (unpaired) electrons. The van der Waals surface area contributed by atoms with Crippen molar-refractivity contribution in [2.45, 2.75) is 115 Å². The molecule has 0 bridgehead atoms. The van der Waals surface area contributed by atoms with Gasteiger partial charge in [0.05, 0.1) is 6.10 Å². The van der Waals surface area contributed by atoms with Crippen molar-refractivity contribution in [1.82, 2.24) is 0 Å². The minimum atomic E-state index is -0.0754. The quantitative estimate of drug-likeness (QED) is 0.248. The first kappa shape index (κ1) is 22.4. The van der Waals surface area contributed by atoms with Crippen molar-refractivity contribution in [3.63, 3.8) is 0 Å². The van der Waals surface area contributed by atoms with E-state index in [2.05, 4.69) is 40.7 Å². The van der Waals surface area contributed by atoms with Gasteiger partial charge in [0, 0.05) is 0 Å². The van der Waals surface area contributed by atoms with E-state index in [0.29, 0.717) is 10.8 Å². The van der Waals surface area contributed by atoms with Gasteiger partial charge in [0.1, 0.15) is 0 Å². The van der Waals surface area contributed by atoms with Crippen LogP contribution in [0.5, 0.6) is 0 Å². The van der Waals surface area contributed by atoms with Crippen molar-refractivity contribution in [2.24, 2.45) is 40.4 Å². The first-order valence-corrected chi connectivity index (χ1v) is 14.9. The Labute approximate surface area is 187 Å². The number of rotatable bonds is 6. The fourth-order valence-corrected chi connectivity index (χ4v) is 10.2. The van der Waals surface area contributed by atoms with Gasteiger partial charge in [-0.05, 0) is 0 Å². The molecule has 29 heavy (non-hydrogen) atoms. The van der Waals surface area contributed by atoms with E-state index < -0.39 is 0 Å². The van der Waals surface area contributed by atoms with Crippen molar-refractivity contribution < 1.29 is 5.11 Å². The molecule has 0 aliphatic heterocycles. The molecule has 4 rings (SSSR count). The number of aliphatic hydroxyl groups is 1. The summed E-state index contributed by atoms with van der Waals surface area (Å²) in [4.78, 5) is 0.924. The minimum absolute atomic E-state index is 0.0754. The van der Waals surface area contributed by atoms with Crippen LogP contribution in [0, 0.1) is 40.4 Å². The van der Waals surface area contributed by atoms with Gasteiger partial charge in [-0.2, -0.15) is 0 Å². The van der Waals surface area contributed by atoms with Gasteiger partial charge in [-0.25, -0.2) is 0 Å². The predicted octanol–water partition coefficient (Wildman–Crippen LogP) is 7.29. The van der Waals surface area contributed by atoms with E-state index in [1.54, 1.807) is 5.57 Å². The average molecular weight is 466 g/mol. The van der Waals surface area contributed by atoms with Gasteiger partial charge in [0.25, 0.3) is 0 Å². The summed E-state index contributed by atoms with van der Waals surface area (Å²) < 4.78 is 0. The Kier molecular flexibility index (Phi) is 6.67. The fraction of sp³-hybridized carbons (Fsp3) is 0.926. The number of hydrogen-bond acceptors (Lipinski definition) is 1. The van der Waals surface area contributed by atoms with Crippen LogP contribution in [0.2, 0.25) is 10.1 Å². The molecule has 2 heteroatoms. The monoisotopic (exact) mass is 466 g/mol. The molecule has 0 unspecified atom stereocenters. The van der Waals surface area contributed by atoms with E-state index in [-0.39, 0.29) is 6.10 Å². The van der Waals surface area contributed by atoms with Crippen LogP contribution < -0.4 is 0 Å². The van der Waals surface area contributed by atoms with Gasteiger partial charge < -0.3 is 5.11 Å². The SMILES string of the molecule is CC(C)[Se]CCC[C@@H](C)[C@H]1CC[C@H]2[C@@H]3CC=C4C[C@@H](O)CC[C@]4(C)[C@H]3CC[C@]12C. The molecule has 4 aliphatic carbocycles. The molecule has 0 aromatic carbocycles. The van der Waals surface area contributed by atoms with E-state index in [1.807, 2.05) is 0 Å². The molecule has 3 fully saturated rings. The van der Waals surface area contributed by atoms with Crippen molar-refractivity contribution in [3.8, 4) is 0 Å². The summed E-state index contributed by atoms with van der Waals surface area (Å²) in [5.41, 5.74) is 2.61. The Morgan fingerprint density at radius 3 is 2.62 bits per heavy atom. The van der Waals surface area contributed by atoms with Gasteiger partial charge in [-0.3, -0.25) is 0 Å². The Hall–Kier alpha value is 0.219. The third-order valence-corrected chi connectivity index (χ3v) is 12.6. The standard InChI is InChI=1S/C27H46OSe/c1-18(2)29-16-6-7-19(3)23-10-11-24-22-9-8-20-17-21(28)12-14-26(20,4)25(22)13-15-27(23,24)5/h8,18-19,21-25,28H,6-7,9-17H2,1-5H3/t19-,21+,22+,23-,24+,25+,26+,27-/m1/s1. The summed E-state index contributed by atoms with van der Waals surface area (Å²) in [6.07, 6.45) is 15.9. The van der Waals surface area contributed by atoms with E-state index in [9.17, 15) is 5.11 Å². The summed E-state index contributed by atoms with van der Waals surface area (Å²) in [5.74, 6) is 4.64. The molecule has 4 aliphatic rings. The van der Waals surface area contributed by atoms with Crippen molar-refractivity contribution in [3.05, 3.63) is 11.6 Å². The summed E-state index contributed by atoms with van der Waals surface area (Å²) in [5, 5.41) is 11.7. The summed E-state index contributed by atoms with van der Waals surface area (Å²) in [7, 11) is 0. The second kappa shape index (κ2) is 8.63. The Morgan fingerprint density at radius 2 is 1.86 bits per heavy atom. The van der Waals surface area contributed by atoms with Crippen molar-refractivity contribution >= 4 is 15.0 Å². The van der Waals surface area contributed by atoms with Crippen LogP contribution in [0.3, 0.4) is 0 Å². The Balaban J connectivity index is 1.44. The molecule has 0 aromatic heterocycles. The molecule has 8 atom stereocenters. The number of allylic oxidation sites excluding steroid dienone is 1. The molecule has 0 spiro atoms. The molecular formula is C27H46OSe. The van der Waals surface area contributed by atoms with Gasteiger partial charge in [-0.1, -0.05) is 0 Å². The van der Waals surface area contributed by atoms with E-state index >= 15 is 0 Å². The molecule has 3 saturated carbocycles. The number of aliphatic hydroxyl groups excluding tert-OH is 1. The molecule has 1 nitrogen and oxygen atoms in total. The maximum absolute atomic E-state index is 10.2. The topological polar surface area (TPSA) is 20.2 Å². The molecule has 0 saturated heterocycles. The second-order valence-electron chi connectivity index (χ2n) is 11.9. The first-order chi connectivity index (χ1) is 13.8. The van der Waals surface area contributed by atoms with E-state index in [0.717, 1.165) is 62.2 Å². The summed E-state index contributed by atoms with van der Waals surface area (Å²) >= 11 is 0.856. The molecule has 0 amide bonds. The van der Waals surface area contributed by atoms with E-state index in [4.69, 9.17) is 0 Å². The van der Waals surface area contributed by atoms with Gasteiger partial charge >= 0.3 is 176 Å². The van der Waals surface area contributed by atoms with Crippen LogP contribution in [0.4, 0.5) is 0 Å².